The molecule has 0 unspecified atom stereocenters. The minimum atomic E-state index is -5.09. The van der Waals surface area contributed by atoms with Gasteiger partial charge in [0.25, 0.3) is 10.0 Å². The normalized spacial score (nSPS) is 13.2. The van der Waals surface area contributed by atoms with Gasteiger partial charge in [0, 0.05) is 10.6 Å². The molecule has 0 saturated heterocycles. The monoisotopic (exact) mass is 465 g/mol. The van der Waals surface area contributed by atoms with Gasteiger partial charge >= 0.3 is 6.18 Å². The van der Waals surface area contributed by atoms with E-state index >= 15 is 0 Å². The molecule has 0 aromatic heterocycles. The fourth-order valence-corrected chi connectivity index (χ4v) is 6.74. The van der Waals surface area contributed by atoms with Crippen molar-refractivity contribution in [3.63, 3.8) is 0 Å². The number of sulfonamides is 1. The summed E-state index contributed by atoms with van der Waals surface area (Å²) in [6.45, 7) is 1.72. The number of alkyl halides is 3. The minimum Gasteiger partial charge on any atom is -0.313 e. The van der Waals surface area contributed by atoms with Crippen LogP contribution in [0.25, 0.3) is 0 Å². The number of nitrogens with zero attached hydrogens (tertiary/aromatic N) is 1. The smallest absolute Gasteiger partial charge is 0.313 e. The molecule has 31 heavy (non-hydrogen) atoms. The van der Waals surface area contributed by atoms with Gasteiger partial charge in [-0.2, -0.15) is 26.0 Å². The lowest BCUT2D eigenvalue weighted by molar-refractivity contribution is -0.0588. The molecule has 4 nitrogen and oxygen atoms in total. The summed E-state index contributed by atoms with van der Waals surface area (Å²) >= 11 is 0. The van der Waals surface area contributed by atoms with Gasteiger partial charge in [0.1, 0.15) is 12.9 Å². The number of halogens is 3. The molecular weight excluding hydrogens is 446 g/mol. The quantitative estimate of drug-likeness (QED) is 0.392. The highest BCUT2D eigenvalue weighted by Gasteiger charge is 2.43. The van der Waals surface area contributed by atoms with Crippen molar-refractivity contribution >= 4 is 33.5 Å². The standard InChI is InChI=1S/C22H19F3NO3PS/c1-17-12-14-20(15-13-17)31(28,29)26-21(22(23,24)25)16-30(27,18-8-4-2-5-9-18)19-10-6-3-7-11-19/h2-15H,16H2,1H3/b26-21+. The summed E-state index contributed by atoms with van der Waals surface area (Å²) in [5.74, 6) is 0. The summed E-state index contributed by atoms with van der Waals surface area (Å²) in [6, 6.07) is 20.8. The van der Waals surface area contributed by atoms with Crippen molar-refractivity contribution in [2.75, 3.05) is 6.16 Å². The Kier molecular flexibility index (Phi) is 6.53. The third-order valence-electron chi connectivity index (χ3n) is 4.60. The van der Waals surface area contributed by atoms with Crippen LogP contribution in [0.4, 0.5) is 13.2 Å². The van der Waals surface area contributed by atoms with Crippen molar-refractivity contribution in [2.24, 2.45) is 4.40 Å². The van der Waals surface area contributed by atoms with Gasteiger partial charge in [-0.05, 0) is 19.1 Å². The summed E-state index contributed by atoms with van der Waals surface area (Å²) < 4.78 is 83.9. The molecule has 0 saturated carbocycles. The third kappa shape index (κ3) is 5.32. The van der Waals surface area contributed by atoms with E-state index in [4.69, 9.17) is 0 Å². The van der Waals surface area contributed by atoms with Gasteiger partial charge < -0.3 is 4.57 Å². The van der Waals surface area contributed by atoms with Crippen LogP contribution in [0, 0.1) is 6.92 Å². The van der Waals surface area contributed by atoms with E-state index in [1.54, 1.807) is 43.3 Å². The lowest BCUT2D eigenvalue weighted by Crippen LogP contribution is -2.32. The second-order valence-corrected chi connectivity index (χ2v) is 11.3. The first kappa shape index (κ1) is 23.0. The van der Waals surface area contributed by atoms with Crippen molar-refractivity contribution in [1.82, 2.24) is 0 Å². The molecule has 0 aliphatic heterocycles. The maximum absolute atomic E-state index is 14.0. The van der Waals surface area contributed by atoms with Crippen LogP contribution in [-0.4, -0.2) is 26.5 Å². The van der Waals surface area contributed by atoms with Crippen molar-refractivity contribution in [3.8, 4) is 0 Å². The Morgan fingerprint density at radius 1 is 0.839 bits per heavy atom. The van der Waals surface area contributed by atoms with Crippen LogP contribution in [0.3, 0.4) is 0 Å². The lowest BCUT2D eigenvalue weighted by Gasteiger charge is -2.21. The first-order chi connectivity index (χ1) is 14.5. The van der Waals surface area contributed by atoms with Crippen LogP contribution in [0.2, 0.25) is 0 Å². The lowest BCUT2D eigenvalue weighted by atomic mass is 10.2. The fourth-order valence-electron chi connectivity index (χ4n) is 2.96. The van der Waals surface area contributed by atoms with E-state index in [0.29, 0.717) is 0 Å². The van der Waals surface area contributed by atoms with E-state index in [-0.39, 0.29) is 15.5 Å². The second-order valence-electron chi connectivity index (χ2n) is 6.89. The van der Waals surface area contributed by atoms with Crippen LogP contribution < -0.4 is 10.6 Å². The molecule has 0 heterocycles. The first-order valence-corrected chi connectivity index (χ1v) is 12.5. The Labute approximate surface area is 178 Å². The minimum absolute atomic E-state index is 0.186. The van der Waals surface area contributed by atoms with Crippen LogP contribution in [-0.2, 0) is 14.6 Å². The summed E-state index contributed by atoms with van der Waals surface area (Å²) in [6.07, 6.45) is -6.16. The van der Waals surface area contributed by atoms with Crippen molar-refractivity contribution < 1.29 is 26.2 Å². The molecule has 3 aromatic rings. The predicted octanol–water partition coefficient (Wildman–Crippen LogP) is 4.70. The maximum atomic E-state index is 14.0. The molecule has 0 radical (unpaired) electrons. The van der Waals surface area contributed by atoms with E-state index in [9.17, 15) is 26.2 Å². The maximum Gasteiger partial charge on any atom is 0.430 e. The second kappa shape index (κ2) is 8.81. The predicted molar refractivity (Wildman–Crippen MR) is 116 cm³/mol. The molecule has 0 N–H and O–H groups in total. The number of hydrogen-bond acceptors (Lipinski definition) is 3. The van der Waals surface area contributed by atoms with Crippen LogP contribution in [0.15, 0.2) is 94.2 Å². The SMILES string of the molecule is Cc1ccc(S(=O)(=O)/N=C(\CP(=O)(c2ccccc2)c2ccccc2)C(F)(F)F)cc1. The molecule has 0 amide bonds. The van der Waals surface area contributed by atoms with Crippen molar-refractivity contribution in [1.29, 1.82) is 0 Å². The highest BCUT2D eigenvalue weighted by atomic mass is 32.2. The van der Waals surface area contributed by atoms with Crippen molar-refractivity contribution in [2.45, 2.75) is 18.0 Å². The Morgan fingerprint density at radius 3 is 1.71 bits per heavy atom. The molecule has 0 fully saturated rings. The van der Waals surface area contributed by atoms with Crippen molar-refractivity contribution in [3.05, 3.63) is 90.5 Å². The van der Waals surface area contributed by atoms with Gasteiger partial charge in [0.15, 0.2) is 0 Å². The average molecular weight is 465 g/mol. The average Bonchev–Trinajstić information content (AvgIpc) is 2.74. The molecule has 0 aliphatic carbocycles. The van der Waals surface area contributed by atoms with Gasteiger partial charge in [0.05, 0.1) is 11.1 Å². The van der Waals surface area contributed by atoms with Crippen LogP contribution in [0.1, 0.15) is 5.56 Å². The van der Waals surface area contributed by atoms with E-state index in [0.717, 1.165) is 5.56 Å². The molecule has 0 spiro atoms. The fraction of sp³-hybridized carbons (Fsp3) is 0.136. The Hall–Kier alpha value is -2.70. The zero-order valence-corrected chi connectivity index (χ0v) is 18.2. The molecule has 0 aliphatic rings. The van der Waals surface area contributed by atoms with Gasteiger partial charge in [-0.3, -0.25) is 0 Å². The van der Waals surface area contributed by atoms with Crippen LogP contribution in [0.5, 0.6) is 0 Å². The molecule has 162 valence electrons. The molecule has 3 rings (SSSR count). The van der Waals surface area contributed by atoms with Gasteiger partial charge in [0.2, 0.25) is 0 Å². The topological polar surface area (TPSA) is 63.6 Å². The zero-order valence-electron chi connectivity index (χ0n) is 16.5. The summed E-state index contributed by atoms with van der Waals surface area (Å²) in [7, 11) is -8.53. The number of benzene rings is 3. The Morgan fingerprint density at radius 2 is 1.29 bits per heavy atom. The van der Waals surface area contributed by atoms with Gasteiger partial charge in [-0.15, -0.1) is 0 Å². The van der Waals surface area contributed by atoms with E-state index in [2.05, 4.69) is 4.40 Å². The van der Waals surface area contributed by atoms with E-state index < -0.39 is 35.2 Å². The molecular formula is C22H19F3NO3PS. The first-order valence-electron chi connectivity index (χ1n) is 9.20. The highest BCUT2D eigenvalue weighted by molar-refractivity contribution is 7.90. The largest absolute Gasteiger partial charge is 0.430 e. The van der Waals surface area contributed by atoms with Gasteiger partial charge in [-0.1, -0.05) is 78.4 Å². The molecule has 9 heteroatoms. The highest BCUT2D eigenvalue weighted by Crippen LogP contribution is 2.45. The van der Waals surface area contributed by atoms with E-state index in [1.165, 1.54) is 48.5 Å². The number of hydrogen-bond donors (Lipinski definition) is 0. The number of rotatable bonds is 6. The molecule has 3 aromatic carbocycles. The summed E-state index contributed by atoms with van der Waals surface area (Å²) in [4.78, 5) is -0.367. The summed E-state index contributed by atoms with van der Waals surface area (Å²) in [5, 5.41) is 0.372. The zero-order chi connectivity index (χ0) is 22.7. The third-order valence-corrected chi connectivity index (χ3v) is 8.93. The Bertz CT molecular complexity index is 1180. The molecule has 0 atom stereocenters. The number of aryl methyl sites for hydroxylation is 1. The van der Waals surface area contributed by atoms with E-state index in [1.807, 2.05) is 0 Å². The van der Waals surface area contributed by atoms with Crippen LogP contribution >= 0.6 is 7.14 Å². The Balaban J connectivity index is 2.15. The molecule has 0 bridgehead atoms. The van der Waals surface area contributed by atoms with Gasteiger partial charge in [-0.25, -0.2) is 0 Å². The summed E-state index contributed by atoms with van der Waals surface area (Å²) in [5.41, 5.74) is -0.860.